The fourth-order valence-corrected chi connectivity index (χ4v) is 4.46. The van der Waals surface area contributed by atoms with Gasteiger partial charge in [0.2, 0.25) is 10.0 Å². The summed E-state index contributed by atoms with van der Waals surface area (Å²) in [5, 5.41) is 4.30. The summed E-state index contributed by atoms with van der Waals surface area (Å²) in [6.07, 6.45) is 0.823. The average Bonchev–Trinajstić information content (AvgIpc) is 2.63. The van der Waals surface area contributed by atoms with Crippen molar-refractivity contribution in [1.29, 1.82) is 0 Å². The molecular formula is C14H26ClN3O2S. The number of aryl methyl sites for hydroxylation is 2. The molecule has 1 atom stereocenters. The first-order chi connectivity index (χ1) is 9.62. The van der Waals surface area contributed by atoms with Crippen LogP contribution in [-0.2, 0) is 16.6 Å². The van der Waals surface area contributed by atoms with Crippen molar-refractivity contribution in [3.05, 3.63) is 11.4 Å². The Labute approximate surface area is 133 Å². The van der Waals surface area contributed by atoms with E-state index >= 15 is 0 Å². The Balaban J connectivity index is 3.19. The summed E-state index contributed by atoms with van der Waals surface area (Å²) in [5.41, 5.74) is 1.18. The number of hydrogen-bond donors (Lipinski definition) is 0. The minimum atomic E-state index is -3.54. The van der Waals surface area contributed by atoms with Gasteiger partial charge in [-0.2, -0.15) is 9.40 Å². The first kappa shape index (κ1) is 18.5. The molecule has 0 bridgehead atoms. The zero-order valence-corrected chi connectivity index (χ0v) is 15.3. The molecule has 0 radical (unpaired) electrons. The van der Waals surface area contributed by atoms with Crippen LogP contribution in [0.1, 0.15) is 38.6 Å². The van der Waals surface area contributed by atoms with Crippen LogP contribution in [0.5, 0.6) is 0 Å². The molecule has 122 valence electrons. The van der Waals surface area contributed by atoms with Gasteiger partial charge in [0.1, 0.15) is 4.90 Å². The monoisotopic (exact) mass is 335 g/mol. The van der Waals surface area contributed by atoms with Gasteiger partial charge >= 0.3 is 0 Å². The molecular weight excluding hydrogens is 310 g/mol. The summed E-state index contributed by atoms with van der Waals surface area (Å²) in [5.74, 6) is 0.847. The molecule has 1 unspecified atom stereocenters. The Morgan fingerprint density at radius 1 is 1.29 bits per heavy atom. The molecule has 0 fully saturated rings. The standard InChI is InChI=1S/C14H26ClN3O2S/c1-10(2)9-11(3)17(6)21(19,20)14-12(4)16-18(8-7-15)13(14)5/h10-11H,7-9H2,1-6H3. The van der Waals surface area contributed by atoms with Gasteiger partial charge in [-0.1, -0.05) is 13.8 Å². The maximum atomic E-state index is 12.9. The van der Waals surface area contributed by atoms with Crippen LogP contribution in [0.4, 0.5) is 0 Å². The lowest BCUT2D eigenvalue weighted by Gasteiger charge is -2.25. The zero-order chi connectivity index (χ0) is 16.4. The van der Waals surface area contributed by atoms with Crippen molar-refractivity contribution < 1.29 is 8.42 Å². The molecule has 1 aromatic heterocycles. The van der Waals surface area contributed by atoms with Gasteiger partial charge in [-0.05, 0) is 33.1 Å². The molecule has 21 heavy (non-hydrogen) atoms. The van der Waals surface area contributed by atoms with Crippen LogP contribution in [0, 0.1) is 19.8 Å². The highest BCUT2D eigenvalue weighted by molar-refractivity contribution is 7.89. The Kier molecular flexibility index (Phi) is 6.25. The van der Waals surface area contributed by atoms with Gasteiger partial charge in [-0.25, -0.2) is 8.42 Å². The van der Waals surface area contributed by atoms with Crippen LogP contribution in [0.25, 0.3) is 0 Å². The number of rotatable bonds is 7. The first-order valence-corrected chi connectivity index (χ1v) is 9.18. The maximum Gasteiger partial charge on any atom is 0.246 e. The van der Waals surface area contributed by atoms with Crippen molar-refractivity contribution in [2.45, 2.75) is 58.5 Å². The topological polar surface area (TPSA) is 55.2 Å². The normalized spacial score (nSPS) is 14.1. The molecule has 5 nitrogen and oxygen atoms in total. The number of halogens is 1. The van der Waals surface area contributed by atoms with E-state index in [1.165, 1.54) is 4.31 Å². The van der Waals surface area contributed by atoms with Crippen molar-refractivity contribution in [2.75, 3.05) is 12.9 Å². The first-order valence-electron chi connectivity index (χ1n) is 7.20. The lowest BCUT2D eigenvalue weighted by atomic mass is 10.1. The predicted octanol–water partition coefficient (Wildman–Crippen LogP) is 2.79. The van der Waals surface area contributed by atoms with Crippen LogP contribution in [-0.4, -0.2) is 41.5 Å². The van der Waals surface area contributed by atoms with Crippen LogP contribution in [0.2, 0.25) is 0 Å². The Morgan fingerprint density at radius 3 is 2.33 bits per heavy atom. The van der Waals surface area contributed by atoms with Crippen molar-refractivity contribution in [3.8, 4) is 0 Å². The summed E-state index contributed by atoms with van der Waals surface area (Å²) in [6.45, 7) is 10.1. The molecule has 0 aliphatic carbocycles. The highest BCUT2D eigenvalue weighted by Gasteiger charge is 2.31. The maximum absolute atomic E-state index is 12.9. The number of alkyl halides is 1. The predicted molar refractivity (Wildman–Crippen MR) is 86.3 cm³/mol. The fraction of sp³-hybridized carbons (Fsp3) is 0.786. The number of nitrogens with zero attached hydrogens (tertiary/aromatic N) is 3. The van der Waals surface area contributed by atoms with Crippen LogP contribution in [0.3, 0.4) is 0 Å². The molecule has 0 spiro atoms. The van der Waals surface area contributed by atoms with E-state index in [9.17, 15) is 8.42 Å². The molecule has 0 amide bonds. The molecule has 0 saturated heterocycles. The highest BCUT2D eigenvalue weighted by Crippen LogP contribution is 2.25. The summed E-state index contributed by atoms with van der Waals surface area (Å²) in [4.78, 5) is 0.311. The van der Waals surface area contributed by atoms with Gasteiger partial charge in [0.05, 0.1) is 17.9 Å². The van der Waals surface area contributed by atoms with Crippen LogP contribution >= 0.6 is 11.6 Å². The lowest BCUT2D eigenvalue weighted by molar-refractivity contribution is 0.337. The second-order valence-electron chi connectivity index (χ2n) is 5.91. The third-order valence-electron chi connectivity index (χ3n) is 3.68. The molecule has 1 rings (SSSR count). The van der Waals surface area contributed by atoms with Gasteiger partial charge in [0.25, 0.3) is 0 Å². The van der Waals surface area contributed by atoms with Gasteiger partial charge in [0, 0.05) is 19.0 Å². The van der Waals surface area contributed by atoms with Crippen molar-refractivity contribution in [1.82, 2.24) is 14.1 Å². The van der Waals surface area contributed by atoms with Gasteiger partial charge in [-0.3, -0.25) is 4.68 Å². The molecule has 1 aromatic rings. The lowest BCUT2D eigenvalue weighted by Crippen LogP contribution is -2.36. The number of sulfonamides is 1. The quantitative estimate of drug-likeness (QED) is 0.720. The molecule has 0 aliphatic heterocycles. The fourth-order valence-electron chi connectivity index (χ4n) is 2.56. The van der Waals surface area contributed by atoms with E-state index in [0.717, 1.165) is 6.42 Å². The smallest absolute Gasteiger partial charge is 0.246 e. The number of aromatic nitrogens is 2. The minimum Gasteiger partial charge on any atom is -0.267 e. The zero-order valence-electron chi connectivity index (χ0n) is 13.7. The average molecular weight is 336 g/mol. The minimum absolute atomic E-state index is 0.0508. The second kappa shape index (κ2) is 7.11. The Morgan fingerprint density at radius 2 is 1.86 bits per heavy atom. The van der Waals surface area contributed by atoms with E-state index in [1.807, 2.05) is 6.92 Å². The van der Waals surface area contributed by atoms with E-state index in [1.54, 1.807) is 25.6 Å². The Hall–Kier alpha value is -0.590. The third kappa shape index (κ3) is 3.99. The van der Waals surface area contributed by atoms with E-state index in [2.05, 4.69) is 18.9 Å². The molecule has 0 N–H and O–H groups in total. The van der Waals surface area contributed by atoms with E-state index < -0.39 is 10.0 Å². The van der Waals surface area contributed by atoms with Crippen molar-refractivity contribution >= 4 is 21.6 Å². The van der Waals surface area contributed by atoms with Crippen LogP contribution in [0.15, 0.2) is 4.90 Å². The van der Waals surface area contributed by atoms with E-state index in [-0.39, 0.29) is 6.04 Å². The van der Waals surface area contributed by atoms with Gasteiger partial charge in [-0.15, -0.1) is 11.6 Å². The molecule has 0 aromatic carbocycles. The molecule has 0 saturated carbocycles. The van der Waals surface area contributed by atoms with Gasteiger partial charge in [0.15, 0.2) is 0 Å². The largest absolute Gasteiger partial charge is 0.267 e. The number of hydrogen-bond acceptors (Lipinski definition) is 3. The molecule has 1 heterocycles. The SMILES string of the molecule is Cc1nn(CCCl)c(C)c1S(=O)(=O)N(C)C(C)CC(C)C. The third-order valence-corrected chi connectivity index (χ3v) is 6.08. The summed E-state index contributed by atoms with van der Waals surface area (Å²) < 4.78 is 28.8. The highest BCUT2D eigenvalue weighted by atomic mass is 35.5. The summed E-state index contributed by atoms with van der Waals surface area (Å²) in [6, 6.07) is -0.0508. The van der Waals surface area contributed by atoms with E-state index in [0.29, 0.717) is 34.6 Å². The van der Waals surface area contributed by atoms with Crippen molar-refractivity contribution in [3.63, 3.8) is 0 Å². The van der Waals surface area contributed by atoms with E-state index in [4.69, 9.17) is 11.6 Å². The van der Waals surface area contributed by atoms with Crippen molar-refractivity contribution in [2.24, 2.45) is 5.92 Å². The molecule has 7 heteroatoms. The molecule has 0 aliphatic rings. The van der Waals surface area contributed by atoms with Crippen LogP contribution < -0.4 is 0 Å². The Bertz CT molecular complexity index is 581. The second-order valence-corrected chi connectivity index (χ2v) is 8.22. The van der Waals surface area contributed by atoms with Gasteiger partial charge < -0.3 is 0 Å². The summed E-state index contributed by atoms with van der Waals surface area (Å²) >= 11 is 5.73. The summed E-state index contributed by atoms with van der Waals surface area (Å²) in [7, 11) is -1.90.